The first-order chi connectivity index (χ1) is 5.91. The molecule has 0 saturated heterocycles. The van der Waals surface area contributed by atoms with Crippen LogP contribution in [0.2, 0.25) is 0 Å². The van der Waals surface area contributed by atoms with E-state index in [0.29, 0.717) is 6.54 Å². The first-order valence-corrected chi connectivity index (χ1v) is 4.76. The maximum atomic E-state index is 5.08. The van der Waals surface area contributed by atoms with E-state index >= 15 is 0 Å². The lowest BCUT2D eigenvalue weighted by molar-refractivity contribution is 0.595. The predicted octanol–water partition coefficient (Wildman–Crippen LogP) is 0.989. The van der Waals surface area contributed by atoms with E-state index in [0.717, 1.165) is 19.6 Å². The van der Waals surface area contributed by atoms with Crippen molar-refractivity contribution in [2.75, 3.05) is 26.2 Å². The van der Waals surface area contributed by atoms with Crippen molar-refractivity contribution in [2.45, 2.75) is 26.2 Å². The van der Waals surface area contributed by atoms with Gasteiger partial charge in [-0.05, 0) is 38.9 Å². The fraction of sp³-hybridized carbons (Fsp3) is 0.800. The van der Waals surface area contributed by atoms with Crippen molar-refractivity contribution in [3.05, 3.63) is 0 Å². The fourth-order valence-electron chi connectivity index (χ4n) is 0.962. The highest BCUT2D eigenvalue weighted by Crippen LogP contribution is 1.84. The van der Waals surface area contributed by atoms with Crippen molar-refractivity contribution < 1.29 is 0 Å². The third-order valence-corrected chi connectivity index (χ3v) is 1.61. The molecule has 0 saturated carbocycles. The normalized spacial score (nSPS) is 9.67. The van der Waals surface area contributed by atoms with Gasteiger partial charge >= 0.3 is 0 Å². The molecule has 0 aromatic carbocycles. The van der Waals surface area contributed by atoms with Crippen LogP contribution in [0.1, 0.15) is 26.2 Å². The molecule has 0 atom stereocenters. The summed E-state index contributed by atoms with van der Waals surface area (Å²) in [6.45, 7) is 6.19. The van der Waals surface area contributed by atoms with Crippen LogP contribution < -0.4 is 10.6 Å². The molecule has 2 N–H and O–H groups in total. The number of nitrogens with one attached hydrogen (secondary N) is 2. The summed E-state index contributed by atoms with van der Waals surface area (Å²) in [6.07, 6.45) is 8.74. The van der Waals surface area contributed by atoms with Crippen molar-refractivity contribution in [1.29, 1.82) is 0 Å². The zero-order valence-corrected chi connectivity index (χ0v) is 8.03. The fourth-order valence-corrected chi connectivity index (χ4v) is 0.962. The van der Waals surface area contributed by atoms with Crippen molar-refractivity contribution in [1.82, 2.24) is 10.6 Å². The van der Waals surface area contributed by atoms with Crippen LogP contribution in [0.3, 0.4) is 0 Å². The van der Waals surface area contributed by atoms with Gasteiger partial charge in [-0.25, -0.2) is 0 Å². The molecule has 0 rings (SSSR count). The molecule has 0 amide bonds. The number of terminal acetylenes is 1. The van der Waals surface area contributed by atoms with E-state index in [9.17, 15) is 0 Å². The van der Waals surface area contributed by atoms with Crippen molar-refractivity contribution >= 4 is 0 Å². The quantitative estimate of drug-likeness (QED) is 0.417. The Hall–Kier alpha value is -0.520. The summed E-state index contributed by atoms with van der Waals surface area (Å²) in [5, 5.41) is 6.52. The highest BCUT2D eigenvalue weighted by atomic mass is 14.9. The first kappa shape index (κ1) is 11.5. The smallest absolute Gasteiger partial charge is 0.0573 e. The Bertz CT molecular complexity index is 115. The highest BCUT2D eigenvalue weighted by Gasteiger charge is 1.87. The van der Waals surface area contributed by atoms with Crippen LogP contribution in [0.4, 0.5) is 0 Å². The van der Waals surface area contributed by atoms with Gasteiger partial charge in [-0.2, -0.15) is 0 Å². The van der Waals surface area contributed by atoms with Crippen molar-refractivity contribution in [3.8, 4) is 12.3 Å². The predicted molar refractivity (Wildman–Crippen MR) is 54.1 cm³/mol. The van der Waals surface area contributed by atoms with Gasteiger partial charge in [0.25, 0.3) is 0 Å². The molecular weight excluding hydrogens is 148 g/mol. The molecule has 12 heavy (non-hydrogen) atoms. The summed E-state index contributed by atoms with van der Waals surface area (Å²) in [5.74, 6) is 2.55. The Morgan fingerprint density at radius 1 is 1.08 bits per heavy atom. The summed E-state index contributed by atoms with van der Waals surface area (Å²) in [7, 11) is 0. The van der Waals surface area contributed by atoms with E-state index in [-0.39, 0.29) is 0 Å². The minimum Gasteiger partial charge on any atom is -0.317 e. The van der Waals surface area contributed by atoms with Gasteiger partial charge in [0.05, 0.1) is 6.54 Å². The van der Waals surface area contributed by atoms with E-state index < -0.39 is 0 Å². The summed E-state index contributed by atoms with van der Waals surface area (Å²) >= 11 is 0. The number of hydrogen-bond acceptors (Lipinski definition) is 2. The maximum Gasteiger partial charge on any atom is 0.0573 e. The van der Waals surface area contributed by atoms with Crippen molar-refractivity contribution in [2.24, 2.45) is 0 Å². The lowest BCUT2D eigenvalue weighted by Gasteiger charge is -2.02. The zero-order valence-electron chi connectivity index (χ0n) is 8.03. The summed E-state index contributed by atoms with van der Waals surface area (Å²) in [6, 6.07) is 0. The van der Waals surface area contributed by atoms with Crippen LogP contribution in [0.15, 0.2) is 0 Å². The molecular formula is C10H20N2. The molecule has 2 heteroatoms. The summed E-state index contributed by atoms with van der Waals surface area (Å²) in [5.41, 5.74) is 0. The third kappa shape index (κ3) is 9.48. The van der Waals surface area contributed by atoms with Crippen LogP contribution >= 0.6 is 0 Å². The lowest BCUT2D eigenvalue weighted by atomic mass is 10.3. The van der Waals surface area contributed by atoms with Crippen LogP contribution in [-0.2, 0) is 0 Å². The molecule has 0 radical (unpaired) electrons. The Morgan fingerprint density at radius 3 is 2.33 bits per heavy atom. The minimum atomic E-state index is 0.697. The standard InChI is InChI=1S/C10H20N2/c1-3-7-11-9-5-6-10-12-8-4-2/h1,11-12H,4-10H2,2H3. The van der Waals surface area contributed by atoms with E-state index in [1.165, 1.54) is 19.3 Å². The monoisotopic (exact) mass is 168 g/mol. The largest absolute Gasteiger partial charge is 0.317 e. The summed E-state index contributed by atoms with van der Waals surface area (Å²) in [4.78, 5) is 0. The minimum absolute atomic E-state index is 0.697. The van der Waals surface area contributed by atoms with Crippen molar-refractivity contribution in [3.63, 3.8) is 0 Å². The number of rotatable bonds is 8. The van der Waals surface area contributed by atoms with Crippen LogP contribution in [0, 0.1) is 12.3 Å². The molecule has 0 fully saturated rings. The highest BCUT2D eigenvalue weighted by molar-refractivity contribution is 4.86. The molecule has 0 aromatic rings. The maximum absolute atomic E-state index is 5.08. The molecule has 0 unspecified atom stereocenters. The van der Waals surface area contributed by atoms with Crippen LogP contribution in [0.25, 0.3) is 0 Å². The van der Waals surface area contributed by atoms with Gasteiger partial charge in [-0.15, -0.1) is 6.42 Å². The number of unbranched alkanes of at least 4 members (excludes halogenated alkanes) is 1. The average molecular weight is 168 g/mol. The Labute approximate surface area is 76.1 Å². The van der Waals surface area contributed by atoms with E-state index in [4.69, 9.17) is 6.42 Å². The molecule has 0 aliphatic rings. The SMILES string of the molecule is C#CCNCCCCNCCC. The first-order valence-electron chi connectivity index (χ1n) is 4.76. The van der Waals surface area contributed by atoms with Gasteiger partial charge in [0.1, 0.15) is 0 Å². The van der Waals surface area contributed by atoms with E-state index in [1.54, 1.807) is 0 Å². The lowest BCUT2D eigenvalue weighted by Crippen LogP contribution is -2.19. The molecule has 0 aliphatic heterocycles. The molecule has 0 spiro atoms. The van der Waals surface area contributed by atoms with E-state index in [2.05, 4.69) is 23.5 Å². The topological polar surface area (TPSA) is 24.1 Å². The molecule has 0 aromatic heterocycles. The Balaban J connectivity index is 2.78. The van der Waals surface area contributed by atoms with Gasteiger partial charge in [-0.1, -0.05) is 12.8 Å². The molecule has 0 aliphatic carbocycles. The zero-order chi connectivity index (χ0) is 9.07. The van der Waals surface area contributed by atoms with Crippen LogP contribution in [-0.4, -0.2) is 26.2 Å². The third-order valence-electron chi connectivity index (χ3n) is 1.61. The van der Waals surface area contributed by atoms with E-state index in [1.807, 2.05) is 0 Å². The molecule has 0 bridgehead atoms. The Kier molecular flexibility index (Phi) is 10.0. The second-order valence-electron chi connectivity index (χ2n) is 2.84. The van der Waals surface area contributed by atoms with Gasteiger partial charge < -0.3 is 10.6 Å². The van der Waals surface area contributed by atoms with Gasteiger partial charge in [0.2, 0.25) is 0 Å². The molecule has 2 nitrogen and oxygen atoms in total. The second-order valence-corrected chi connectivity index (χ2v) is 2.84. The molecule has 0 heterocycles. The van der Waals surface area contributed by atoms with Gasteiger partial charge in [0.15, 0.2) is 0 Å². The molecule has 70 valence electrons. The number of hydrogen-bond donors (Lipinski definition) is 2. The second kappa shape index (κ2) is 10.5. The van der Waals surface area contributed by atoms with Gasteiger partial charge in [0, 0.05) is 0 Å². The van der Waals surface area contributed by atoms with Crippen LogP contribution in [0.5, 0.6) is 0 Å². The van der Waals surface area contributed by atoms with Gasteiger partial charge in [-0.3, -0.25) is 0 Å². The summed E-state index contributed by atoms with van der Waals surface area (Å²) < 4.78 is 0. The average Bonchev–Trinajstić information content (AvgIpc) is 2.10. The Morgan fingerprint density at radius 2 is 1.75 bits per heavy atom.